The molecule has 3 nitrogen and oxygen atoms in total. The second kappa shape index (κ2) is 7.32. The van der Waals surface area contributed by atoms with Crippen LogP contribution >= 0.6 is 11.6 Å². The summed E-state index contributed by atoms with van der Waals surface area (Å²) in [5.41, 5.74) is 2.70. The smallest absolute Gasteiger partial charge is 0.0406 e. The third-order valence-electron chi connectivity index (χ3n) is 4.53. The van der Waals surface area contributed by atoms with E-state index in [0.717, 1.165) is 31.2 Å². The first-order chi connectivity index (χ1) is 10.7. The first kappa shape index (κ1) is 15.6. The van der Waals surface area contributed by atoms with Crippen LogP contribution in [0.2, 0.25) is 5.02 Å². The summed E-state index contributed by atoms with van der Waals surface area (Å²) in [6, 6.07) is 13.1. The van der Waals surface area contributed by atoms with E-state index in [2.05, 4.69) is 52.3 Å². The van der Waals surface area contributed by atoms with Crippen LogP contribution in [-0.2, 0) is 20.1 Å². The van der Waals surface area contributed by atoms with Gasteiger partial charge in [0, 0.05) is 43.1 Å². The summed E-state index contributed by atoms with van der Waals surface area (Å²) in [6.07, 6.45) is 4.54. The van der Waals surface area contributed by atoms with Crippen LogP contribution in [0.3, 0.4) is 0 Å². The lowest BCUT2D eigenvalue weighted by atomic mass is 10.0. The number of benzene rings is 1. The third-order valence-corrected chi connectivity index (χ3v) is 4.78. The van der Waals surface area contributed by atoms with E-state index in [1.807, 2.05) is 12.1 Å². The molecule has 1 aliphatic heterocycles. The van der Waals surface area contributed by atoms with Crippen LogP contribution in [0.4, 0.5) is 0 Å². The van der Waals surface area contributed by atoms with Gasteiger partial charge in [0.05, 0.1) is 0 Å². The average Bonchev–Trinajstić information content (AvgIpc) is 2.94. The molecule has 1 fully saturated rings. The zero-order valence-electron chi connectivity index (χ0n) is 13.1. The molecule has 1 N–H and O–H groups in total. The Bertz CT molecular complexity index is 583. The maximum atomic E-state index is 5.94. The van der Waals surface area contributed by atoms with Crippen molar-refractivity contribution in [2.24, 2.45) is 7.05 Å². The maximum Gasteiger partial charge on any atom is 0.0406 e. The Morgan fingerprint density at radius 1 is 1.14 bits per heavy atom. The minimum absolute atomic E-state index is 0.636. The maximum absolute atomic E-state index is 5.94. The fourth-order valence-electron chi connectivity index (χ4n) is 3.07. The van der Waals surface area contributed by atoms with Crippen LogP contribution in [0.5, 0.6) is 0 Å². The van der Waals surface area contributed by atoms with E-state index in [0.29, 0.717) is 6.04 Å². The van der Waals surface area contributed by atoms with E-state index in [-0.39, 0.29) is 0 Å². The van der Waals surface area contributed by atoms with Gasteiger partial charge in [-0.25, -0.2) is 0 Å². The van der Waals surface area contributed by atoms with E-state index < -0.39 is 0 Å². The van der Waals surface area contributed by atoms with Crippen molar-refractivity contribution in [2.75, 3.05) is 13.1 Å². The highest BCUT2D eigenvalue weighted by Gasteiger charge is 2.18. The van der Waals surface area contributed by atoms with Crippen molar-refractivity contribution in [1.82, 2.24) is 14.8 Å². The lowest BCUT2D eigenvalue weighted by molar-refractivity contribution is 0.189. The van der Waals surface area contributed by atoms with Gasteiger partial charge in [-0.3, -0.25) is 4.90 Å². The second-order valence-electron chi connectivity index (χ2n) is 6.17. The zero-order chi connectivity index (χ0) is 15.4. The van der Waals surface area contributed by atoms with Gasteiger partial charge in [0.25, 0.3) is 0 Å². The van der Waals surface area contributed by atoms with Crippen LogP contribution in [0.1, 0.15) is 24.1 Å². The van der Waals surface area contributed by atoms with Crippen molar-refractivity contribution < 1.29 is 0 Å². The largest absolute Gasteiger partial charge is 0.353 e. The van der Waals surface area contributed by atoms with E-state index >= 15 is 0 Å². The summed E-state index contributed by atoms with van der Waals surface area (Å²) in [7, 11) is 2.10. The van der Waals surface area contributed by atoms with Gasteiger partial charge in [0.15, 0.2) is 0 Å². The number of hydrogen-bond acceptors (Lipinski definition) is 2. The highest BCUT2D eigenvalue weighted by molar-refractivity contribution is 6.30. The minimum Gasteiger partial charge on any atom is -0.353 e. The Morgan fingerprint density at radius 2 is 1.86 bits per heavy atom. The first-order valence-corrected chi connectivity index (χ1v) is 8.39. The number of aromatic nitrogens is 1. The molecule has 1 aromatic carbocycles. The molecule has 118 valence electrons. The van der Waals surface area contributed by atoms with E-state index in [4.69, 9.17) is 11.6 Å². The van der Waals surface area contributed by atoms with Crippen LogP contribution in [0, 0.1) is 0 Å². The summed E-state index contributed by atoms with van der Waals surface area (Å²) < 4.78 is 2.18. The number of hydrogen-bond donors (Lipinski definition) is 1. The number of halogens is 1. The van der Waals surface area contributed by atoms with Crippen molar-refractivity contribution in [3.05, 3.63) is 58.9 Å². The first-order valence-electron chi connectivity index (χ1n) is 8.01. The fourth-order valence-corrected chi connectivity index (χ4v) is 3.20. The number of likely N-dealkylation sites (tertiary alicyclic amines) is 1. The number of nitrogens with zero attached hydrogens (tertiary/aromatic N) is 2. The predicted molar refractivity (Wildman–Crippen MR) is 92.0 cm³/mol. The van der Waals surface area contributed by atoms with Gasteiger partial charge in [0.1, 0.15) is 0 Å². The Kier molecular flexibility index (Phi) is 5.19. The second-order valence-corrected chi connectivity index (χ2v) is 6.60. The molecular formula is C18H24ClN3. The normalized spacial score (nSPS) is 17.0. The summed E-state index contributed by atoms with van der Waals surface area (Å²) in [4.78, 5) is 2.53. The molecule has 1 aliphatic rings. The van der Waals surface area contributed by atoms with Crippen molar-refractivity contribution in [3.8, 4) is 0 Å². The Hall–Kier alpha value is -1.29. The van der Waals surface area contributed by atoms with Crippen molar-refractivity contribution in [3.63, 3.8) is 0 Å². The lowest BCUT2D eigenvalue weighted by Crippen LogP contribution is -2.42. The number of rotatable bonds is 5. The van der Waals surface area contributed by atoms with Crippen LogP contribution < -0.4 is 5.32 Å². The zero-order valence-corrected chi connectivity index (χ0v) is 13.9. The topological polar surface area (TPSA) is 20.2 Å². The van der Waals surface area contributed by atoms with Crippen molar-refractivity contribution >= 4 is 11.6 Å². The molecule has 0 bridgehead atoms. The molecule has 0 radical (unpaired) electrons. The fraction of sp³-hybridized carbons (Fsp3) is 0.444. The molecule has 0 aliphatic carbocycles. The molecular weight excluding hydrogens is 294 g/mol. The highest BCUT2D eigenvalue weighted by Crippen LogP contribution is 2.16. The molecule has 0 unspecified atom stereocenters. The van der Waals surface area contributed by atoms with Gasteiger partial charge >= 0.3 is 0 Å². The van der Waals surface area contributed by atoms with E-state index in [9.17, 15) is 0 Å². The molecule has 2 aromatic rings. The van der Waals surface area contributed by atoms with Gasteiger partial charge < -0.3 is 9.88 Å². The van der Waals surface area contributed by atoms with Gasteiger partial charge in [-0.05, 0) is 55.8 Å². The molecule has 0 atom stereocenters. The molecule has 4 heteroatoms. The Morgan fingerprint density at radius 3 is 2.50 bits per heavy atom. The van der Waals surface area contributed by atoms with Gasteiger partial charge in [-0.1, -0.05) is 23.7 Å². The standard InChI is InChI=1S/C18H24ClN3/c1-21-10-2-3-18(21)13-20-17-8-11-22(12-9-17)14-15-4-6-16(19)7-5-15/h2-7,10,17,20H,8-9,11-14H2,1H3. The van der Waals surface area contributed by atoms with E-state index in [1.54, 1.807) is 0 Å². The number of aryl methyl sites for hydroxylation is 1. The van der Waals surface area contributed by atoms with Gasteiger partial charge in [0.2, 0.25) is 0 Å². The molecule has 22 heavy (non-hydrogen) atoms. The minimum atomic E-state index is 0.636. The molecule has 2 heterocycles. The Labute approximate surface area is 137 Å². The van der Waals surface area contributed by atoms with Gasteiger partial charge in [-0.2, -0.15) is 0 Å². The summed E-state index contributed by atoms with van der Waals surface area (Å²) >= 11 is 5.94. The molecule has 0 spiro atoms. The van der Waals surface area contributed by atoms with Crippen LogP contribution in [-0.4, -0.2) is 28.6 Å². The molecule has 0 saturated carbocycles. The Balaban J connectivity index is 1.42. The lowest BCUT2D eigenvalue weighted by Gasteiger charge is -2.32. The van der Waals surface area contributed by atoms with Gasteiger partial charge in [-0.15, -0.1) is 0 Å². The van der Waals surface area contributed by atoms with Crippen molar-refractivity contribution in [1.29, 1.82) is 0 Å². The van der Waals surface area contributed by atoms with Crippen molar-refractivity contribution in [2.45, 2.75) is 32.0 Å². The van der Waals surface area contributed by atoms with Crippen LogP contribution in [0.15, 0.2) is 42.6 Å². The quantitative estimate of drug-likeness (QED) is 0.911. The monoisotopic (exact) mass is 317 g/mol. The molecule has 1 saturated heterocycles. The van der Waals surface area contributed by atoms with Crippen LogP contribution in [0.25, 0.3) is 0 Å². The molecule has 0 amide bonds. The average molecular weight is 318 g/mol. The summed E-state index contributed by atoms with van der Waals surface area (Å²) in [5, 5.41) is 4.50. The van der Waals surface area contributed by atoms with E-state index in [1.165, 1.54) is 24.1 Å². The number of piperidine rings is 1. The molecule has 1 aromatic heterocycles. The third kappa shape index (κ3) is 4.13. The predicted octanol–water partition coefficient (Wildman–Crippen LogP) is 3.43. The number of nitrogens with one attached hydrogen (secondary N) is 1. The molecule has 3 rings (SSSR count). The summed E-state index contributed by atoms with van der Waals surface area (Å²) in [6.45, 7) is 4.31. The SMILES string of the molecule is Cn1cccc1CNC1CCN(Cc2ccc(Cl)cc2)CC1. The summed E-state index contributed by atoms with van der Waals surface area (Å²) in [5.74, 6) is 0. The highest BCUT2D eigenvalue weighted by atomic mass is 35.5.